The number of carboxylic acid groups (broad SMARTS) is 1. The number of carbonyl (C=O) groups is 4. The van der Waals surface area contributed by atoms with E-state index in [1.807, 2.05) is 0 Å². The van der Waals surface area contributed by atoms with E-state index in [9.17, 15) is 23.6 Å². The van der Waals surface area contributed by atoms with E-state index in [4.69, 9.17) is 14.6 Å². The third kappa shape index (κ3) is 5.64. The lowest BCUT2D eigenvalue weighted by molar-refractivity contribution is -0.144. The second kappa shape index (κ2) is 9.81. The van der Waals surface area contributed by atoms with Crippen LogP contribution in [-0.4, -0.2) is 53.6 Å². The Hall–Kier alpha value is -4.41. The van der Waals surface area contributed by atoms with Crippen LogP contribution in [0.1, 0.15) is 12.5 Å². The summed E-state index contributed by atoms with van der Waals surface area (Å²) in [6, 6.07) is 8.77. The van der Waals surface area contributed by atoms with Crippen LogP contribution in [0.3, 0.4) is 0 Å². The van der Waals surface area contributed by atoms with Crippen LogP contribution >= 0.6 is 0 Å². The summed E-state index contributed by atoms with van der Waals surface area (Å²) in [7, 11) is 1.37. The largest absolute Gasteiger partial charge is 0.493 e. The van der Waals surface area contributed by atoms with Gasteiger partial charge >= 0.3 is 12.0 Å². The van der Waals surface area contributed by atoms with Crippen LogP contribution in [0, 0.1) is 5.82 Å². The van der Waals surface area contributed by atoms with Crippen LogP contribution in [0.15, 0.2) is 48.2 Å². The van der Waals surface area contributed by atoms with Crippen LogP contribution in [-0.2, 0) is 14.4 Å². The molecule has 0 spiro atoms. The highest BCUT2D eigenvalue weighted by molar-refractivity contribution is 6.15. The SMILES string of the molecule is COc1cc(/C=C2/NC(=O)N(CC(=O)Nc3ccc(F)cc3)C2=O)ccc1O[C@H](C)C(=O)O. The number of carbonyl (C=O) groups excluding carboxylic acids is 3. The lowest BCUT2D eigenvalue weighted by atomic mass is 10.1. The molecule has 2 aromatic rings. The fourth-order valence-electron chi connectivity index (χ4n) is 2.87. The van der Waals surface area contributed by atoms with E-state index < -0.39 is 42.3 Å². The molecule has 0 aliphatic carbocycles. The summed E-state index contributed by atoms with van der Waals surface area (Å²) in [6.07, 6.45) is 0.277. The maximum absolute atomic E-state index is 13.0. The second-order valence-electron chi connectivity index (χ2n) is 6.94. The predicted octanol–water partition coefficient (Wildman–Crippen LogP) is 2.22. The molecule has 11 heteroatoms. The lowest BCUT2D eigenvalue weighted by Crippen LogP contribution is -2.38. The molecule has 1 heterocycles. The van der Waals surface area contributed by atoms with E-state index in [0.29, 0.717) is 11.3 Å². The van der Waals surface area contributed by atoms with Gasteiger partial charge < -0.3 is 25.2 Å². The summed E-state index contributed by atoms with van der Waals surface area (Å²) in [5.74, 6) is -2.55. The Morgan fingerprint density at radius 2 is 1.88 bits per heavy atom. The summed E-state index contributed by atoms with van der Waals surface area (Å²) in [5, 5.41) is 13.9. The Morgan fingerprint density at radius 3 is 2.52 bits per heavy atom. The number of aliphatic carboxylic acids is 1. The van der Waals surface area contributed by atoms with Crippen LogP contribution in [0.25, 0.3) is 6.08 Å². The van der Waals surface area contributed by atoms with Gasteiger partial charge in [-0.25, -0.2) is 18.9 Å². The van der Waals surface area contributed by atoms with Gasteiger partial charge in [0.1, 0.15) is 18.1 Å². The summed E-state index contributed by atoms with van der Waals surface area (Å²) < 4.78 is 23.5. The van der Waals surface area contributed by atoms with Crippen LogP contribution in [0.5, 0.6) is 11.5 Å². The molecule has 4 amide bonds. The van der Waals surface area contributed by atoms with E-state index in [2.05, 4.69) is 10.6 Å². The van der Waals surface area contributed by atoms with Gasteiger partial charge in [-0.1, -0.05) is 6.07 Å². The number of methoxy groups -OCH3 is 1. The van der Waals surface area contributed by atoms with Crippen LogP contribution in [0.4, 0.5) is 14.9 Å². The molecule has 0 radical (unpaired) electrons. The molecule has 1 aliphatic rings. The van der Waals surface area contributed by atoms with Crippen molar-refractivity contribution in [3.63, 3.8) is 0 Å². The van der Waals surface area contributed by atoms with Crippen molar-refractivity contribution >= 4 is 35.6 Å². The van der Waals surface area contributed by atoms with Crippen molar-refractivity contribution in [1.82, 2.24) is 10.2 Å². The van der Waals surface area contributed by atoms with E-state index in [1.165, 1.54) is 44.4 Å². The Kier molecular flexibility index (Phi) is 6.91. The summed E-state index contributed by atoms with van der Waals surface area (Å²) in [4.78, 5) is 48.7. The first kappa shape index (κ1) is 23.3. The fourth-order valence-corrected chi connectivity index (χ4v) is 2.87. The van der Waals surface area contributed by atoms with Crippen LogP contribution in [0.2, 0.25) is 0 Å². The Balaban J connectivity index is 1.71. The average Bonchev–Trinajstić information content (AvgIpc) is 3.03. The minimum atomic E-state index is -1.15. The van der Waals surface area contributed by atoms with Crippen molar-refractivity contribution in [2.75, 3.05) is 19.0 Å². The first-order valence-corrected chi connectivity index (χ1v) is 9.65. The van der Waals surface area contributed by atoms with Gasteiger partial charge in [-0.05, 0) is 55.0 Å². The average molecular weight is 457 g/mol. The number of benzene rings is 2. The first-order chi connectivity index (χ1) is 15.7. The molecular weight excluding hydrogens is 437 g/mol. The van der Waals surface area contributed by atoms with Gasteiger partial charge in [0.25, 0.3) is 5.91 Å². The molecule has 0 saturated carbocycles. The normalized spacial score (nSPS) is 15.2. The van der Waals surface area contributed by atoms with E-state index in [1.54, 1.807) is 6.07 Å². The van der Waals surface area contributed by atoms with Gasteiger partial charge in [-0.3, -0.25) is 9.59 Å². The maximum Gasteiger partial charge on any atom is 0.344 e. The van der Waals surface area contributed by atoms with Crippen molar-refractivity contribution in [2.45, 2.75) is 13.0 Å². The highest BCUT2D eigenvalue weighted by Gasteiger charge is 2.35. The van der Waals surface area contributed by atoms with E-state index in [0.717, 1.165) is 17.0 Å². The molecule has 0 bridgehead atoms. The molecule has 3 N–H and O–H groups in total. The van der Waals surface area contributed by atoms with Gasteiger partial charge in [0, 0.05) is 5.69 Å². The zero-order valence-corrected chi connectivity index (χ0v) is 17.6. The quantitative estimate of drug-likeness (QED) is 0.409. The molecule has 0 aromatic heterocycles. The highest BCUT2D eigenvalue weighted by atomic mass is 19.1. The number of nitrogens with one attached hydrogen (secondary N) is 2. The lowest BCUT2D eigenvalue weighted by Gasteiger charge is -2.14. The number of urea groups is 1. The molecule has 1 saturated heterocycles. The molecule has 3 rings (SSSR count). The number of anilines is 1. The van der Waals surface area contributed by atoms with Crippen molar-refractivity contribution in [3.05, 3.63) is 59.5 Å². The summed E-state index contributed by atoms with van der Waals surface area (Å²) in [5.41, 5.74) is 0.712. The van der Waals surface area contributed by atoms with Crippen molar-refractivity contribution in [3.8, 4) is 11.5 Å². The molecule has 10 nitrogen and oxygen atoms in total. The highest BCUT2D eigenvalue weighted by Crippen LogP contribution is 2.30. The molecule has 172 valence electrons. The van der Waals surface area contributed by atoms with Gasteiger partial charge in [-0.2, -0.15) is 0 Å². The monoisotopic (exact) mass is 457 g/mol. The number of carboxylic acids is 1. The molecule has 33 heavy (non-hydrogen) atoms. The van der Waals surface area contributed by atoms with Crippen molar-refractivity contribution in [1.29, 1.82) is 0 Å². The van der Waals surface area contributed by atoms with Gasteiger partial charge in [0.15, 0.2) is 17.6 Å². The Bertz CT molecular complexity index is 1130. The van der Waals surface area contributed by atoms with Crippen molar-refractivity contribution < 1.29 is 38.1 Å². The number of hydrogen-bond acceptors (Lipinski definition) is 6. The number of nitrogens with zero attached hydrogens (tertiary/aromatic N) is 1. The minimum Gasteiger partial charge on any atom is -0.493 e. The summed E-state index contributed by atoms with van der Waals surface area (Å²) >= 11 is 0. The van der Waals surface area contributed by atoms with Gasteiger partial charge in [-0.15, -0.1) is 0 Å². The Morgan fingerprint density at radius 1 is 1.18 bits per heavy atom. The third-order valence-corrected chi connectivity index (χ3v) is 4.54. The smallest absolute Gasteiger partial charge is 0.344 e. The molecule has 1 aliphatic heterocycles. The molecule has 2 aromatic carbocycles. The molecule has 1 atom stereocenters. The van der Waals surface area contributed by atoms with Crippen LogP contribution < -0.4 is 20.1 Å². The van der Waals surface area contributed by atoms with Gasteiger partial charge in [0.2, 0.25) is 5.91 Å². The predicted molar refractivity (Wildman–Crippen MR) is 114 cm³/mol. The number of imide groups is 1. The third-order valence-electron chi connectivity index (χ3n) is 4.54. The number of amides is 4. The first-order valence-electron chi connectivity index (χ1n) is 9.65. The van der Waals surface area contributed by atoms with E-state index >= 15 is 0 Å². The fraction of sp³-hybridized carbons (Fsp3) is 0.182. The number of ether oxygens (including phenoxy) is 2. The molecular formula is C22H20FN3O7. The van der Waals surface area contributed by atoms with Crippen molar-refractivity contribution in [2.24, 2.45) is 0 Å². The maximum atomic E-state index is 13.0. The zero-order valence-electron chi connectivity index (χ0n) is 17.6. The number of rotatable bonds is 8. The minimum absolute atomic E-state index is 0.0655. The van der Waals surface area contributed by atoms with Gasteiger partial charge in [0.05, 0.1) is 7.11 Å². The number of hydrogen-bond donors (Lipinski definition) is 3. The number of halogens is 1. The summed E-state index contributed by atoms with van der Waals surface area (Å²) in [6.45, 7) is 0.827. The molecule has 0 unspecified atom stereocenters. The second-order valence-corrected chi connectivity index (χ2v) is 6.94. The zero-order chi connectivity index (χ0) is 24.1. The van der Waals surface area contributed by atoms with E-state index in [-0.39, 0.29) is 17.2 Å². The standard InChI is InChI=1S/C22H20FN3O7/c1-12(21(29)30)33-17-8-3-13(10-18(17)32-2)9-16-20(28)26(22(31)25-16)11-19(27)24-15-6-4-14(23)5-7-15/h3-10,12H,11H2,1-2H3,(H,24,27)(H,25,31)(H,29,30)/b16-9+/t12-/m1/s1. The Labute approximate surface area is 187 Å². The molecule has 1 fully saturated rings. The topological polar surface area (TPSA) is 134 Å².